The molecule has 7 heteroatoms. The maximum Gasteiger partial charge on any atom is 0.227 e. The van der Waals surface area contributed by atoms with Crippen LogP contribution in [0.15, 0.2) is 42.6 Å². The zero-order valence-corrected chi connectivity index (χ0v) is 14.9. The van der Waals surface area contributed by atoms with Crippen molar-refractivity contribution < 1.29 is 4.79 Å². The smallest absolute Gasteiger partial charge is 0.227 e. The standard InChI is InChI=1S/C16H14BIN4O/c1-9(23)20-13-5-12(18)6-14(7-13)21-16-19-8-10-4-11(17)2-3-15(10)22-16/h2-8H,17H2,1H3,(H,20,23)(H,19,21,22). The fourth-order valence-electron chi connectivity index (χ4n) is 2.28. The Morgan fingerprint density at radius 2 is 1.96 bits per heavy atom. The summed E-state index contributed by atoms with van der Waals surface area (Å²) in [6.07, 6.45) is 1.81. The average molecular weight is 416 g/mol. The van der Waals surface area contributed by atoms with Crippen LogP contribution in [0.4, 0.5) is 17.3 Å². The Morgan fingerprint density at radius 1 is 1.17 bits per heavy atom. The second kappa shape index (κ2) is 6.53. The highest BCUT2D eigenvalue weighted by molar-refractivity contribution is 14.1. The number of nitrogens with one attached hydrogen (secondary N) is 2. The van der Waals surface area contributed by atoms with Crippen molar-refractivity contribution in [3.63, 3.8) is 0 Å². The topological polar surface area (TPSA) is 66.9 Å². The molecule has 2 aromatic carbocycles. The van der Waals surface area contributed by atoms with Crippen molar-refractivity contribution in [2.45, 2.75) is 6.92 Å². The van der Waals surface area contributed by atoms with E-state index in [2.05, 4.69) is 49.3 Å². The van der Waals surface area contributed by atoms with Gasteiger partial charge in [-0.2, -0.15) is 0 Å². The first-order chi connectivity index (χ1) is 11.0. The summed E-state index contributed by atoms with van der Waals surface area (Å²) in [6, 6.07) is 11.8. The van der Waals surface area contributed by atoms with Crippen molar-refractivity contribution in [2.24, 2.45) is 0 Å². The highest BCUT2D eigenvalue weighted by atomic mass is 127. The lowest BCUT2D eigenvalue weighted by molar-refractivity contribution is -0.114. The van der Waals surface area contributed by atoms with Crippen LogP contribution in [0, 0.1) is 3.57 Å². The average Bonchev–Trinajstić information content (AvgIpc) is 2.46. The molecule has 3 rings (SSSR count). The van der Waals surface area contributed by atoms with Crippen LogP contribution < -0.4 is 16.1 Å². The number of hydrogen-bond acceptors (Lipinski definition) is 4. The Labute approximate surface area is 148 Å². The van der Waals surface area contributed by atoms with Gasteiger partial charge in [0.1, 0.15) is 7.85 Å². The molecule has 0 radical (unpaired) electrons. The molecule has 0 spiro atoms. The zero-order valence-electron chi connectivity index (χ0n) is 12.7. The summed E-state index contributed by atoms with van der Waals surface area (Å²) < 4.78 is 1.01. The molecule has 0 atom stereocenters. The summed E-state index contributed by atoms with van der Waals surface area (Å²) in [5.74, 6) is 0.424. The minimum absolute atomic E-state index is 0.102. The molecule has 0 unspecified atom stereocenters. The normalized spacial score (nSPS) is 10.5. The second-order valence-corrected chi connectivity index (χ2v) is 6.54. The Morgan fingerprint density at radius 3 is 2.74 bits per heavy atom. The van der Waals surface area contributed by atoms with Gasteiger partial charge in [-0.3, -0.25) is 4.79 Å². The largest absolute Gasteiger partial charge is 0.326 e. The van der Waals surface area contributed by atoms with Crippen molar-refractivity contribution in [2.75, 3.05) is 10.6 Å². The zero-order chi connectivity index (χ0) is 16.4. The van der Waals surface area contributed by atoms with E-state index in [1.54, 1.807) is 6.20 Å². The molecular formula is C16H14BIN4O. The van der Waals surface area contributed by atoms with Gasteiger partial charge in [0.05, 0.1) is 5.52 Å². The SMILES string of the molecule is Bc1ccc2nc(Nc3cc(I)cc(NC(C)=O)c3)ncc2c1. The molecular weight excluding hydrogens is 402 g/mol. The Bertz CT molecular complexity index is 900. The molecule has 1 amide bonds. The third kappa shape index (κ3) is 3.98. The lowest BCUT2D eigenvalue weighted by atomic mass is 9.95. The molecule has 114 valence electrons. The van der Waals surface area contributed by atoms with Crippen LogP contribution in [-0.4, -0.2) is 23.7 Å². The maximum atomic E-state index is 11.2. The molecule has 2 N–H and O–H groups in total. The first-order valence-corrected chi connectivity index (χ1v) is 8.16. The van der Waals surface area contributed by atoms with Crippen molar-refractivity contribution in [1.82, 2.24) is 9.97 Å². The maximum absolute atomic E-state index is 11.2. The second-order valence-electron chi connectivity index (χ2n) is 5.29. The van der Waals surface area contributed by atoms with Gasteiger partial charge in [-0.25, -0.2) is 9.97 Å². The van der Waals surface area contributed by atoms with E-state index in [0.717, 1.165) is 25.8 Å². The van der Waals surface area contributed by atoms with E-state index in [9.17, 15) is 4.79 Å². The van der Waals surface area contributed by atoms with E-state index >= 15 is 0 Å². The van der Waals surface area contributed by atoms with Crippen LogP contribution in [0.25, 0.3) is 10.9 Å². The van der Waals surface area contributed by atoms with Crippen LogP contribution in [0.1, 0.15) is 6.92 Å². The van der Waals surface area contributed by atoms with Gasteiger partial charge in [-0.1, -0.05) is 17.6 Å². The van der Waals surface area contributed by atoms with Gasteiger partial charge in [0.2, 0.25) is 11.9 Å². The highest BCUT2D eigenvalue weighted by Crippen LogP contribution is 2.23. The van der Waals surface area contributed by atoms with Gasteiger partial charge in [-0.05, 0) is 46.9 Å². The first kappa shape index (κ1) is 15.7. The van der Waals surface area contributed by atoms with Crippen LogP contribution in [0.5, 0.6) is 0 Å². The number of anilines is 3. The minimum Gasteiger partial charge on any atom is -0.326 e. The number of carbonyl (C=O) groups excluding carboxylic acids is 1. The fraction of sp³-hybridized carbons (Fsp3) is 0.0625. The van der Waals surface area contributed by atoms with Crippen LogP contribution in [0.3, 0.4) is 0 Å². The molecule has 23 heavy (non-hydrogen) atoms. The van der Waals surface area contributed by atoms with E-state index in [-0.39, 0.29) is 5.91 Å². The lowest BCUT2D eigenvalue weighted by Crippen LogP contribution is -2.06. The molecule has 0 aliphatic rings. The number of fused-ring (bicyclic) bond motifs is 1. The number of benzene rings is 2. The van der Waals surface area contributed by atoms with Crippen LogP contribution >= 0.6 is 22.6 Å². The molecule has 0 fully saturated rings. The predicted octanol–water partition coefficient (Wildman–Crippen LogP) is 2.19. The summed E-state index contributed by atoms with van der Waals surface area (Å²) >= 11 is 2.21. The minimum atomic E-state index is -0.102. The molecule has 5 nitrogen and oxygen atoms in total. The monoisotopic (exact) mass is 416 g/mol. The number of amides is 1. The van der Waals surface area contributed by atoms with E-state index in [0.29, 0.717) is 5.95 Å². The number of nitrogens with zero attached hydrogens (tertiary/aromatic N) is 2. The molecule has 1 aromatic heterocycles. The Kier molecular flexibility index (Phi) is 4.47. The van der Waals surface area contributed by atoms with Gasteiger partial charge < -0.3 is 10.6 Å². The summed E-state index contributed by atoms with van der Waals surface area (Å²) in [6.45, 7) is 1.49. The molecule has 0 aliphatic heterocycles. The molecule has 3 aromatic rings. The van der Waals surface area contributed by atoms with E-state index in [1.807, 2.05) is 38.2 Å². The lowest BCUT2D eigenvalue weighted by Gasteiger charge is -2.09. The fourth-order valence-corrected chi connectivity index (χ4v) is 2.95. The summed E-state index contributed by atoms with van der Waals surface area (Å²) in [5.41, 5.74) is 3.63. The van der Waals surface area contributed by atoms with Crippen molar-refractivity contribution in [3.05, 3.63) is 46.2 Å². The molecule has 0 saturated heterocycles. The number of rotatable bonds is 3. The molecule has 0 bridgehead atoms. The van der Waals surface area contributed by atoms with Crippen molar-refractivity contribution >= 4 is 70.0 Å². The molecule has 0 saturated carbocycles. The van der Waals surface area contributed by atoms with Crippen molar-refractivity contribution in [3.8, 4) is 0 Å². The van der Waals surface area contributed by atoms with Gasteiger partial charge in [0.15, 0.2) is 0 Å². The van der Waals surface area contributed by atoms with Crippen molar-refractivity contribution in [1.29, 1.82) is 0 Å². The van der Waals surface area contributed by atoms with E-state index in [4.69, 9.17) is 0 Å². The Hall–Kier alpha value is -2.16. The quantitative estimate of drug-likeness (QED) is 0.508. The first-order valence-electron chi connectivity index (χ1n) is 7.08. The number of aromatic nitrogens is 2. The molecule has 0 aliphatic carbocycles. The third-order valence-electron chi connectivity index (χ3n) is 3.21. The molecule has 1 heterocycles. The van der Waals surface area contributed by atoms with Gasteiger partial charge in [0, 0.05) is 33.5 Å². The third-order valence-corrected chi connectivity index (χ3v) is 3.83. The Balaban J connectivity index is 1.90. The highest BCUT2D eigenvalue weighted by Gasteiger charge is 2.04. The van der Waals surface area contributed by atoms with Gasteiger partial charge in [0.25, 0.3) is 0 Å². The van der Waals surface area contributed by atoms with Crippen LogP contribution in [-0.2, 0) is 4.79 Å². The number of hydrogen-bond donors (Lipinski definition) is 2. The summed E-state index contributed by atoms with van der Waals surface area (Å²) in [7, 11) is 2.04. The number of halogens is 1. The summed E-state index contributed by atoms with van der Waals surface area (Å²) in [5, 5.41) is 6.98. The van der Waals surface area contributed by atoms with Gasteiger partial charge >= 0.3 is 0 Å². The predicted molar refractivity (Wildman–Crippen MR) is 104 cm³/mol. The van der Waals surface area contributed by atoms with Gasteiger partial charge in [-0.15, -0.1) is 0 Å². The summed E-state index contributed by atoms with van der Waals surface area (Å²) in [4.78, 5) is 20.1. The van der Waals surface area contributed by atoms with Crippen LogP contribution in [0.2, 0.25) is 0 Å². The number of carbonyl (C=O) groups is 1. The van der Waals surface area contributed by atoms with E-state index in [1.165, 1.54) is 12.4 Å². The van der Waals surface area contributed by atoms with E-state index < -0.39 is 0 Å².